The molecule has 4 heteroatoms. The lowest BCUT2D eigenvalue weighted by atomic mass is 9.35. The predicted molar refractivity (Wildman–Crippen MR) is 290 cm³/mol. The van der Waals surface area contributed by atoms with Crippen LogP contribution < -0.4 is 26.4 Å². The summed E-state index contributed by atoms with van der Waals surface area (Å²) in [5.74, 6) is 1.19. The third kappa shape index (κ3) is 6.69. The van der Waals surface area contributed by atoms with Crippen molar-refractivity contribution in [2.24, 2.45) is 0 Å². The normalized spacial score (nSPS) is 21.2. The highest BCUT2D eigenvalue weighted by Crippen LogP contribution is 2.58. The van der Waals surface area contributed by atoms with E-state index in [-0.39, 0.29) is 50.0 Å². The van der Waals surface area contributed by atoms with Gasteiger partial charge >= 0.3 is 0 Å². The summed E-state index contributed by atoms with van der Waals surface area (Å²) in [6, 6.07) is 20.5. The van der Waals surface area contributed by atoms with E-state index < -0.39 is 0 Å². The fourth-order valence-corrected chi connectivity index (χ4v) is 13.9. The van der Waals surface area contributed by atoms with Crippen LogP contribution in [0.25, 0.3) is 0 Å². The van der Waals surface area contributed by atoms with Crippen molar-refractivity contribution in [1.82, 2.24) is 0 Å². The monoisotopic (exact) mass is 895 g/mol. The molecule has 2 aliphatic heterocycles. The van der Waals surface area contributed by atoms with E-state index in [0.29, 0.717) is 0 Å². The molecule has 354 valence electrons. The minimum atomic E-state index is -0.101. The fraction of sp³-hybridized carbons (Fsp3) is 0.556. The lowest BCUT2D eigenvalue weighted by molar-refractivity contribution is 0.282. The Morgan fingerprint density at radius 1 is 0.478 bits per heavy atom. The van der Waals surface area contributed by atoms with E-state index in [1.807, 2.05) is 0 Å². The number of nitrogens with zero attached hydrogens (tertiary/aromatic N) is 2. The van der Waals surface area contributed by atoms with Crippen LogP contribution in [0.1, 0.15) is 225 Å². The highest BCUT2D eigenvalue weighted by Gasteiger charge is 2.54. The van der Waals surface area contributed by atoms with Crippen LogP contribution >= 0.6 is 0 Å². The van der Waals surface area contributed by atoms with Crippen molar-refractivity contribution in [3.8, 4) is 0 Å². The summed E-state index contributed by atoms with van der Waals surface area (Å²) in [5, 5.41) is 0. The van der Waals surface area contributed by atoms with Gasteiger partial charge in [0.2, 0.25) is 0 Å². The quantitative estimate of drug-likeness (QED) is 0.161. The average molecular weight is 895 g/mol. The minimum Gasteiger partial charge on any atom is -0.472 e. The zero-order valence-corrected chi connectivity index (χ0v) is 45.7. The molecule has 10 rings (SSSR count). The lowest BCUT2D eigenvalue weighted by Gasteiger charge is -2.48. The number of anilines is 6. The molecule has 0 amide bonds. The molecule has 3 heterocycles. The summed E-state index contributed by atoms with van der Waals surface area (Å²) in [6.45, 7) is 51.2. The van der Waals surface area contributed by atoms with Gasteiger partial charge in [-0.2, -0.15) is 0 Å². The summed E-state index contributed by atoms with van der Waals surface area (Å²) < 4.78 is 7.85. The van der Waals surface area contributed by atoms with Gasteiger partial charge in [0.25, 0.3) is 6.71 Å². The molecule has 0 N–H and O–H groups in total. The maximum absolute atomic E-state index is 7.85. The smallest absolute Gasteiger partial charge is 0.297 e. The van der Waals surface area contributed by atoms with Crippen LogP contribution in [-0.4, -0.2) is 6.71 Å². The van der Waals surface area contributed by atoms with E-state index >= 15 is 0 Å². The molecule has 0 spiro atoms. The predicted octanol–water partition coefficient (Wildman–Crippen LogP) is 15.9. The van der Waals surface area contributed by atoms with Gasteiger partial charge < -0.3 is 14.2 Å². The highest BCUT2D eigenvalue weighted by atomic mass is 16.3. The van der Waals surface area contributed by atoms with Gasteiger partial charge in [-0.25, -0.2) is 0 Å². The van der Waals surface area contributed by atoms with Crippen molar-refractivity contribution in [2.75, 3.05) is 9.80 Å². The molecule has 1 aromatic heterocycles. The summed E-state index contributed by atoms with van der Waals surface area (Å²) in [4.78, 5) is 5.46. The van der Waals surface area contributed by atoms with Crippen molar-refractivity contribution in [1.29, 1.82) is 0 Å². The van der Waals surface area contributed by atoms with Crippen LogP contribution in [0.5, 0.6) is 0 Å². The van der Waals surface area contributed by atoms with E-state index in [1.165, 1.54) is 132 Å². The Balaban J connectivity index is 1.38. The van der Waals surface area contributed by atoms with Crippen LogP contribution in [0.4, 0.5) is 34.1 Å². The minimum absolute atomic E-state index is 0.00134. The van der Waals surface area contributed by atoms with Crippen LogP contribution in [0.15, 0.2) is 52.9 Å². The number of aryl methyl sites for hydroxylation is 2. The first kappa shape index (κ1) is 46.5. The number of hydrogen-bond donors (Lipinski definition) is 0. The third-order valence-electron chi connectivity index (χ3n) is 18.3. The van der Waals surface area contributed by atoms with Crippen molar-refractivity contribution in [3.63, 3.8) is 0 Å². The van der Waals surface area contributed by atoms with Gasteiger partial charge in [0.1, 0.15) is 5.76 Å². The van der Waals surface area contributed by atoms with E-state index in [2.05, 4.69) is 204 Å². The second-order valence-corrected chi connectivity index (χ2v) is 28.4. The van der Waals surface area contributed by atoms with Crippen LogP contribution in [0.3, 0.4) is 0 Å². The molecule has 0 saturated heterocycles. The molecular formula is C63H83BN2O. The van der Waals surface area contributed by atoms with E-state index in [0.717, 1.165) is 18.5 Å². The zero-order valence-electron chi connectivity index (χ0n) is 45.7. The van der Waals surface area contributed by atoms with Crippen molar-refractivity contribution < 1.29 is 4.42 Å². The third-order valence-corrected chi connectivity index (χ3v) is 18.3. The number of fused-ring (bicyclic) bond motifs is 8. The van der Waals surface area contributed by atoms with Gasteiger partial charge in [-0.15, -0.1) is 0 Å². The zero-order chi connectivity index (χ0) is 48.9. The van der Waals surface area contributed by atoms with Crippen LogP contribution in [0, 0.1) is 20.8 Å². The summed E-state index contributed by atoms with van der Waals surface area (Å²) >= 11 is 0. The molecule has 5 aromatic rings. The number of benzene rings is 4. The van der Waals surface area contributed by atoms with Gasteiger partial charge in [0.15, 0.2) is 0 Å². The van der Waals surface area contributed by atoms with E-state index in [9.17, 15) is 0 Å². The van der Waals surface area contributed by atoms with Crippen LogP contribution in [0.2, 0.25) is 0 Å². The Kier molecular flexibility index (Phi) is 9.73. The standard InChI is InChI=1S/C63H83BN2O/c1-36-30-48-52-49(31-36)66(45-23-22-39-50(38(45)3)61(16,17)27-26-58(39,10)11)53-51-54(63(20,21)29-28-62(51,18)19)67-55(53)64(52)44-33-42-43(60(14,15)25-24-59(42,12)13)35-47(44)65(48)46-34-41(57(7,8)9)40(32-37(46)2)56(4,5)6/h22-23,30-35H,24-29H2,1-21H3. The molecular weight excluding hydrogens is 812 g/mol. The maximum Gasteiger partial charge on any atom is 0.297 e. The number of furan rings is 1. The maximum atomic E-state index is 7.85. The van der Waals surface area contributed by atoms with Crippen molar-refractivity contribution in [3.05, 3.63) is 110 Å². The fourth-order valence-electron chi connectivity index (χ4n) is 13.9. The number of hydrogen-bond acceptors (Lipinski definition) is 3. The summed E-state index contributed by atoms with van der Waals surface area (Å²) in [7, 11) is 0. The van der Waals surface area contributed by atoms with Crippen molar-refractivity contribution in [2.45, 2.75) is 227 Å². The first-order chi connectivity index (χ1) is 30.7. The highest BCUT2D eigenvalue weighted by molar-refractivity contribution is 6.99. The SMILES string of the molecule is Cc1cc2c3c(c1)N(c1ccc4c(c1C)C(C)(C)CCC4(C)C)c1c(oc4c1C(C)(C)CCC4(C)C)B3c1cc3c(cc1N2c1cc(C(C)(C)C)c(C(C)(C)C)cc1C)C(C)(C)CCC3(C)C. The largest absolute Gasteiger partial charge is 0.472 e. The molecule has 4 aromatic carbocycles. The Morgan fingerprint density at radius 2 is 0.970 bits per heavy atom. The van der Waals surface area contributed by atoms with Crippen molar-refractivity contribution >= 4 is 57.4 Å². The summed E-state index contributed by atoms with van der Waals surface area (Å²) in [5.41, 5.74) is 26.0. The second-order valence-electron chi connectivity index (χ2n) is 28.4. The van der Waals surface area contributed by atoms with E-state index in [1.54, 1.807) is 0 Å². The lowest BCUT2D eigenvalue weighted by Crippen LogP contribution is -2.61. The summed E-state index contributed by atoms with van der Waals surface area (Å²) in [6.07, 6.45) is 6.94. The topological polar surface area (TPSA) is 19.6 Å². The molecule has 0 radical (unpaired) electrons. The van der Waals surface area contributed by atoms with Gasteiger partial charge in [-0.1, -0.05) is 143 Å². The Morgan fingerprint density at radius 3 is 1.55 bits per heavy atom. The molecule has 3 aliphatic carbocycles. The van der Waals surface area contributed by atoms with Gasteiger partial charge in [-0.05, 0) is 189 Å². The Bertz CT molecular complexity index is 2930. The average Bonchev–Trinajstić information content (AvgIpc) is 3.62. The molecule has 3 nitrogen and oxygen atoms in total. The first-order valence-corrected chi connectivity index (χ1v) is 26.1. The molecule has 5 aliphatic rings. The first-order valence-electron chi connectivity index (χ1n) is 26.1. The van der Waals surface area contributed by atoms with Gasteiger partial charge in [0, 0.05) is 39.4 Å². The molecule has 0 unspecified atom stereocenters. The molecule has 0 atom stereocenters. The van der Waals surface area contributed by atoms with Gasteiger partial charge in [0.05, 0.1) is 11.3 Å². The molecule has 0 saturated carbocycles. The molecule has 0 bridgehead atoms. The molecule has 67 heavy (non-hydrogen) atoms. The van der Waals surface area contributed by atoms with E-state index in [4.69, 9.17) is 4.42 Å². The Hall–Kier alpha value is -4.18. The molecule has 0 fully saturated rings. The Labute approximate surface area is 407 Å². The van der Waals surface area contributed by atoms with Crippen LogP contribution in [-0.2, 0) is 43.3 Å². The number of rotatable bonds is 2. The van der Waals surface area contributed by atoms with Gasteiger partial charge in [-0.3, -0.25) is 0 Å². The second kappa shape index (κ2) is 14.0.